The third-order valence-electron chi connectivity index (χ3n) is 6.41. The largest absolute Gasteiger partial charge is 0.491 e. The first kappa shape index (κ1) is 21.4. The molecule has 0 unspecified atom stereocenters. The molecule has 0 aliphatic carbocycles. The lowest BCUT2D eigenvalue weighted by molar-refractivity contribution is -0.142. The number of carbonyl (C=O) groups is 2. The number of benzene rings is 2. The van der Waals surface area contributed by atoms with Crippen LogP contribution in [0.15, 0.2) is 54.7 Å². The lowest BCUT2D eigenvalue weighted by atomic mass is 9.95. The molecule has 1 saturated heterocycles. The van der Waals surface area contributed by atoms with Gasteiger partial charge in [-0.05, 0) is 48.7 Å². The molecule has 2 aromatic carbocycles. The highest BCUT2D eigenvalue weighted by molar-refractivity contribution is 5.94. The Morgan fingerprint density at radius 3 is 2.76 bits per heavy atom. The molecule has 2 aliphatic heterocycles. The van der Waals surface area contributed by atoms with Crippen molar-refractivity contribution >= 4 is 22.7 Å². The molecule has 3 aromatic rings. The van der Waals surface area contributed by atoms with Crippen molar-refractivity contribution in [1.82, 2.24) is 15.4 Å². The number of amides is 2. The van der Waals surface area contributed by atoms with E-state index >= 15 is 0 Å². The van der Waals surface area contributed by atoms with Crippen LogP contribution in [0.2, 0.25) is 0 Å². The van der Waals surface area contributed by atoms with Crippen LogP contribution in [0.25, 0.3) is 10.9 Å². The zero-order valence-electron chi connectivity index (χ0n) is 18.1. The Morgan fingerprint density at radius 2 is 1.94 bits per heavy atom. The van der Waals surface area contributed by atoms with Crippen LogP contribution in [0.3, 0.4) is 0 Å². The fourth-order valence-electron chi connectivity index (χ4n) is 4.57. The summed E-state index contributed by atoms with van der Waals surface area (Å²) in [5.41, 5.74) is 4.61. The summed E-state index contributed by atoms with van der Waals surface area (Å²) in [5, 5.41) is 9.97. The zero-order chi connectivity index (χ0) is 22.8. The Balaban J connectivity index is 1.53. The number of hydrogen-bond acceptors (Lipinski definition) is 6. The van der Waals surface area contributed by atoms with Crippen LogP contribution < -0.4 is 10.2 Å². The van der Waals surface area contributed by atoms with Gasteiger partial charge in [-0.1, -0.05) is 18.2 Å². The van der Waals surface area contributed by atoms with Gasteiger partial charge in [-0.2, -0.15) is 0 Å². The third kappa shape index (κ3) is 4.27. The van der Waals surface area contributed by atoms with E-state index in [0.29, 0.717) is 38.3 Å². The zero-order valence-corrected chi connectivity index (χ0v) is 18.1. The van der Waals surface area contributed by atoms with Gasteiger partial charge < -0.3 is 14.4 Å². The second kappa shape index (κ2) is 9.17. The Labute approximate surface area is 191 Å². The second-order valence-electron chi connectivity index (χ2n) is 8.40. The van der Waals surface area contributed by atoms with Crippen molar-refractivity contribution < 1.29 is 24.3 Å². The first-order valence-corrected chi connectivity index (χ1v) is 11.1. The molecule has 170 valence electrons. The van der Waals surface area contributed by atoms with E-state index in [1.807, 2.05) is 29.2 Å². The average Bonchev–Trinajstić information content (AvgIpc) is 3.07. The molecule has 3 heterocycles. The van der Waals surface area contributed by atoms with Crippen LogP contribution in [0, 0.1) is 5.92 Å². The Kier molecular flexibility index (Phi) is 5.93. The highest BCUT2D eigenvalue weighted by Crippen LogP contribution is 2.35. The van der Waals surface area contributed by atoms with Gasteiger partial charge in [-0.25, -0.2) is 5.48 Å². The van der Waals surface area contributed by atoms with E-state index in [4.69, 9.17) is 14.7 Å². The third-order valence-corrected chi connectivity index (χ3v) is 6.41. The number of pyridine rings is 1. The van der Waals surface area contributed by atoms with E-state index in [1.165, 1.54) is 0 Å². The minimum atomic E-state index is -0.612. The summed E-state index contributed by atoms with van der Waals surface area (Å²) >= 11 is 0. The van der Waals surface area contributed by atoms with E-state index in [2.05, 4.69) is 11.1 Å². The van der Waals surface area contributed by atoms with Gasteiger partial charge in [0.2, 0.25) is 5.91 Å². The van der Waals surface area contributed by atoms with Crippen molar-refractivity contribution in [2.24, 2.45) is 5.92 Å². The standard InChI is InChI=1S/C25H25N3O5/c29-24(27-31)19-3-4-20-14-28(25(30)16-7-10-32-11-8-16)22(15-33-23(20)13-19)18-5-6-21-17(12-18)2-1-9-26-21/h1-6,9,12-13,16,22,31H,7-8,10-11,14-15H2,(H,27,29)/t22-/m0/s1. The molecule has 0 bridgehead atoms. The number of nitrogens with zero attached hydrogens (tertiary/aromatic N) is 2. The monoisotopic (exact) mass is 447 g/mol. The van der Waals surface area contributed by atoms with Gasteiger partial charge in [0.15, 0.2) is 0 Å². The summed E-state index contributed by atoms with van der Waals surface area (Å²) in [6.07, 6.45) is 3.16. The van der Waals surface area contributed by atoms with Crippen molar-refractivity contribution in [2.45, 2.75) is 25.4 Å². The predicted octanol–water partition coefficient (Wildman–Crippen LogP) is 3.24. The fourth-order valence-corrected chi connectivity index (χ4v) is 4.57. The van der Waals surface area contributed by atoms with Gasteiger partial charge in [0.25, 0.3) is 5.91 Å². The minimum absolute atomic E-state index is 0.0863. The van der Waals surface area contributed by atoms with Crippen molar-refractivity contribution in [3.8, 4) is 5.75 Å². The van der Waals surface area contributed by atoms with E-state index in [-0.39, 0.29) is 30.0 Å². The molecule has 1 atom stereocenters. The fraction of sp³-hybridized carbons (Fsp3) is 0.320. The maximum Gasteiger partial charge on any atom is 0.274 e. The number of aromatic nitrogens is 1. The maximum atomic E-state index is 13.7. The lowest BCUT2D eigenvalue weighted by Crippen LogP contribution is -2.41. The smallest absolute Gasteiger partial charge is 0.274 e. The predicted molar refractivity (Wildman–Crippen MR) is 120 cm³/mol. The van der Waals surface area contributed by atoms with Gasteiger partial charge in [0, 0.05) is 41.8 Å². The molecule has 8 heteroatoms. The normalized spacial score (nSPS) is 18.8. The maximum absolute atomic E-state index is 13.7. The summed E-state index contributed by atoms with van der Waals surface area (Å²) in [5.74, 6) is -0.0854. The molecule has 1 fully saturated rings. The Hall–Kier alpha value is -3.49. The number of carbonyl (C=O) groups excluding carboxylic acids is 2. The molecule has 0 radical (unpaired) electrons. The van der Waals surface area contributed by atoms with Crippen LogP contribution >= 0.6 is 0 Å². The quantitative estimate of drug-likeness (QED) is 0.472. The van der Waals surface area contributed by atoms with Crippen molar-refractivity contribution in [2.75, 3.05) is 19.8 Å². The van der Waals surface area contributed by atoms with Gasteiger partial charge in [-0.15, -0.1) is 0 Å². The second-order valence-corrected chi connectivity index (χ2v) is 8.40. The molecular weight excluding hydrogens is 422 g/mol. The van der Waals surface area contributed by atoms with Crippen LogP contribution in [-0.2, 0) is 16.1 Å². The Morgan fingerprint density at radius 1 is 1.09 bits per heavy atom. The summed E-state index contributed by atoms with van der Waals surface area (Å²) in [6, 6.07) is 14.6. The van der Waals surface area contributed by atoms with Crippen molar-refractivity contribution in [3.05, 3.63) is 71.4 Å². The van der Waals surface area contributed by atoms with Gasteiger partial charge in [0.1, 0.15) is 12.4 Å². The number of hydroxylamine groups is 1. The van der Waals surface area contributed by atoms with Crippen LogP contribution in [0.1, 0.15) is 40.4 Å². The number of nitrogens with one attached hydrogen (secondary N) is 1. The molecule has 2 N–H and O–H groups in total. The molecule has 2 aliphatic rings. The summed E-state index contributed by atoms with van der Waals surface area (Å²) in [6.45, 7) is 1.78. The molecule has 0 spiro atoms. The van der Waals surface area contributed by atoms with Crippen LogP contribution in [0.4, 0.5) is 0 Å². The number of rotatable bonds is 3. The first-order chi connectivity index (χ1) is 16.1. The number of fused-ring (bicyclic) bond motifs is 2. The molecule has 33 heavy (non-hydrogen) atoms. The number of ether oxygens (including phenoxy) is 2. The van der Waals surface area contributed by atoms with E-state index in [0.717, 1.165) is 22.0 Å². The molecule has 2 amide bonds. The number of hydrogen-bond donors (Lipinski definition) is 2. The lowest BCUT2D eigenvalue weighted by Gasteiger charge is -2.34. The topological polar surface area (TPSA) is 101 Å². The molecule has 0 saturated carbocycles. The van der Waals surface area contributed by atoms with Crippen molar-refractivity contribution in [3.63, 3.8) is 0 Å². The molecule has 5 rings (SSSR count). The SMILES string of the molecule is O=C(NO)c1ccc2c(c1)OC[C@@H](c1ccc3ncccc3c1)N(C(=O)C1CCOCC1)C2. The van der Waals surface area contributed by atoms with Gasteiger partial charge in [0.05, 0.1) is 18.1 Å². The Bertz CT molecular complexity index is 1190. The summed E-state index contributed by atoms with van der Waals surface area (Å²) in [7, 11) is 0. The highest BCUT2D eigenvalue weighted by atomic mass is 16.5. The average molecular weight is 447 g/mol. The first-order valence-electron chi connectivity index (χ1n) is 11.1. The molecular formula is C25H25N3O5. The van der Waals surface area contributed by atoms with Crippen LogP contribution in [-0.4, -0.2) is 46.7 Å². The summed E-state index contributed by atoms with van der Waals surface area (Å²) < 4.78 is 11.6. The van der Waals surface area contributed by atoms with Gasteiger partial charge >= 0.3 is 0 Å². The molecule has 1 aromatic heterocycles. The van der Waals surface area contributed by atoms with E-state index in [1.54, 1.807) is 29.9 Å². The minimum Gasteiger partial charge on any atom is -0.491 e. The van der Waals surface area contributed by atoms with E-state index in [9.17, 15) is 9.59 Å². The van der Waals surface area contributed by atoms with Crippen LogP contribution in [0.5, 0.6) is 5.75 Å². The summed E-state index contributed by atoms with van der Waals surface area (Å²) in [4.78, 5) is 31.9. The van der Waals surface area contributed by atoms with Crippen molar-refractivity contribution in [1.29, 1.82) is 0 Å². The van der Waals surface area contributed by atoms with Gasteiger partial charge in [-0.3, -0.25) is 19.8 Å². The molecule has 8 nitrogen and oxygen atoms in total. The van der Waals surface area contributed by atoms with E-state index < -0.39 is 5.91 Å². The highest BCUT2D eigenvalue weighted by Gasteiger charge is 2.34.